The summed E-state index contributed by atoms with van der Waals surface area (Å²) in [6.07, 6.45) is 2.84. The first kappa shape index (κ1) is 23.1. The van der Waals surface area contributed by atoms with Crippen LogP contribution in [0.25, 0.3) is 6.08 Å². The minimum absolute atomic E-state index is 0.191. The third-order valence-electron chi connectivity index (χ3n) is 3.98. The molecule has 0 aromatic heterocycles. The molecule has 5 nitrogen and oxygen atoms in total. The lowest BCUT2D eigenvalue weighted by Crippen LogP contribution is -2.30. The van der Waals surface area contributed by atoms with Gasteiger partial charge in [0.15, 0.2) is 0 Å². The van der Waals surface area contributed by atoms with Crippen LogP contribution in [0.3, 0.4) is 0 Å². The minimum atomic E-state index is -3.53. The van der Waals surface area contributed by atoms with Gasteiger partial charge in [-0.25, -0.2) is 8.42 Å². The van der Waals surface area contributed by atoms with E-state index in [0.717, 1.165) is 0 Å². The number of thioether (sulfide) groups is 1. The number of carbonyl (C=O) groups is 1. The zero-order valence-corrected chi connectivity index (χ0v) is 17.6. The van der Waals surface area contributed by atoms with E-state index >= 15 is 0 Å². The van der Waals surface area contributed by atoms with Crippen LogP contribution in [0.5, 0.6) is 0 Å². The molecule has 0 aliphatic heterocycles. The van der Waals surface area contributed by atoms with Gasteiger partial charge in [-0.05, 0) is 42.0 Å². The number of nitrogens with zero attached hydrogens (tertiary/aromatic N) is 1. The maximum Gasteiger partial charge on any atom is 0.288 e. The summed E-state index contributed by atoms with van der Waals surface area (Å²) in [6, 6.07) is 12.4. The molecule has 0 fully saturated rings. The van der Waals surface area contributed by atoms with Crippen molar-refractivity contribution in [3.8, 4) is 0 Å². The Balaban J connectivity index is 2.04. The SMILES string of the molecule is CCN(CC)S(=O)(=O)c1ccc(C=CC(=O)Nc2cccc(SC(F)F)c2)cc1. The first-order chi connectivity index (χ1) is 13.8. The first-order valence-electron chi connectivity index (χ1n) is 8.90. The van der Waals surface area contributed by atoms with Crippen LogP contribution in [0.15, 0.2) is 64.4 Å². The Morgan fingerprint density at radius 1 is 1.14 bits per heavy atom. The van der Waals surface area contributed by atoms with Crippen molar-refractivity contribution in [2.45, 2.75) is 29.4 Å². The molecule has 29 heavy (non-hydrogen) atoms. The Bertz CT molecular complexity index is 958. The summed E-state index contributed by atoms with van der Waals surface area (Å²) in [5.74, 6) is -2.96. The van der Waals surface area contributed by atoms with E-state index in [-0.39, 0.29) is 4.90 Å². The lowest BCUT2D eigenvalue weighted by Gasteiger charge is -2.18. The molecule has 2 rings (SSSR count). The van der Waals surface area contributed by atoms with Crippen molar-refractivity contribution in [2.24, 2.45) is 0 Å². The van der Waals surface area contributed by atoms with Crippen molar-refractivity contribution >= 4 is 39.5 Å². The molecule has 156 valence electrons. The van der Waals surface area contributed by atoms with Gasteiger partial charge in [0.05, 0.1) is 4.90 Å². The monoisotopic (exact) mass is 440 g/mol. The first-order valence-corrected chi connectivity index (χ1v) is 11.2. The Kier molecular flexibility index (Phi) is 8.36. The van der Waals surface area contributed by atoms with Crippen LogP contribution in [-0.4, -0.2) is 37.5 Å². The van der Waals surface area contributed by atoms with Crippen LogP contribution >= 0.6 is 11.8 Å². The molecule has 0 saturated carbocycles. The molecule has 0 bridgehead atoms. The Labute approximate surface area is 173 Å². The lowest BCUT2D eigenvalue weighted by molar-refractivity contribution is -0.111. The standard InChI is InChI=1S/C20H22F2N2O3S2/c1-3-24(4-2)29(26,27)18-11-8-15(9-12-18)10-13-19(25)23-16-6-5-7-17(14-16)28-20(21)22/h5-14,20H,3-4H2,1-2H3,(H,23,25). The number of hydrogen-bond acceptors (Lipinski definition) is 4. The van der Waals surface area contributed by atoms with E-state index in [1.807, 2.05) is 0 Å². The third kappa shape index (κ3) is 6.66. The van der Waals surface area contributed by atoms with Gasteiger partial charge in [-0.2, -0.15) is 13.1 Å². The van der Waals surface area contributed by atoms with Gasteiger partial charge in [0, 0.05) is 29.7 Å². The molecule has 0 spiro atoms. The molecule has 9 heteroatoms. The maximum absolute atomic E-state index is 12.5. The molecule has 2 aromatic carbocycles. The van der Waals surface area contributed by atoms with Gasteiger partial charge in [0.25, 0.3) is 5.76 Å². The second-order valence-electron chi connectivity index (χ2n) is 5.89. The number of rotatable bonds is 9. The van der Waals surface area contributed by atoms with E-state index in [4.69, 9.17) is 0 Å². The van der Waals surface area contributed by atoms with E-state index in [0.29, 0.717) is 41.0 Å². The fourth-order valence-electron chi connectivity index (χ4n) is 2.57. The Morgan fingerprint density at radius 2 is 1.79 bits per heavy atom. The van der Waals surface area contributed by atoms with Gasteiger partial charge in [0.1, 0.15) is 0 Å². The number of halogens is 2. The highest BCUT2D eigenvalue weighted by Crippen LogP contribution is 2.27. The topological polar surface area (TPSA) is 66.5 Å². The smallest absolute Gasteiger partial charge is 0.288 e. The third-order valence-corrected chi connectivity index (χ3v) is 6.75. The fraction of sp³-hybridized carbons (Fsp3) is 0.250. The van der Waals surface area contributed by atoms with Crippen LogP contribution in [0, 0.1) is 0 Å². The van der Waals surface area contributed by atoms with Crippen LogP contribution in [-0.2, 0) is 14.8 Å². The predicted molar refractivity (Wildman–Crippen MR) is 113 cm³/mol. The molecule has 1 amide bonds. The molecular formula is C20H22F2N2O3S2. The zero-order valence-electron chi connectivity index (χ0n) is 16.0. The highest BCUT2D eigenvalue weighted by molar-refractivity contribution is 7.99. The van der Waals surface area contributed by atoms with Gasteiger partial charge in [-0.3, -0.25) is 4.79 Å². The number of carbonyl (C=O) groups excluding carboxylic acids is 1. The summed E-state index contributed by atoms with van der Waals surface area (Å²) >= 11 is 0.403. The number of benzene rings is 2. The van der Waals surface area contributed by atoms with E-state index in [1.165, 1.54) is 34.6 Å². The number of alkyl halides is 2. The van der Waals surface area contributed by atoms with Crippen molar-refractivity contribution in [2.75, 3.05) is 18.4 Å². The lowest BCUT2D eigenvalue weighted by atomic mass is 10.2. The average molecular weight is 441 g/mol. The summed E-state index contributed by atoms with van der Waals surface area (Å²) in [5.41, 5.74) is 1.06. The number of anilines is 1. The fourth-order valence-corrected chi connectivity index (χ4v) is 4.59. The number of hydrogen-bond donors (Lipinski definition) is 1. The molecule has 2 aromatic rings. The molecule has 0 aliphatic rings. The number of amides is 1. The maximum atomic E-state index is 12.5. The molecule has 0 radical (unpaired) electrons. The van der Waals surface area contributed by atoms with Crippen molar-refractivity contribution in [1.82, 2.24) is 4.31 Å². The summed E-state index contributed by atoms with van der Waals surface area (Å²) in [4.78, 5) is 12.6. The van der Waals surface area contributed by atoms with Crippen molar-refractivity contribution in [3.63, 3.8) is 0 Å². The average Bonchev–Trinajstić information content (AvgIpc) is 2.67. The Hall–Kier alpha value is -2.23. The summed E-state index contributed by atoms with van der Waals surface area (Å²) in [6.45, 7) is 4.33. The molecule has 0 unspecified atom stereocenters. The predicted octanol–water partition coefficient (Wildman–Crippen LogP) is 4.68. The van der Waals surface area contributed by atoms with Gasteiger partial charge >= 0.3 is 0 Å². The molecular weight excluding hydrogens is 418 g/mol. The highest BCUT2D eigenvalue weighted by atomic mass is 32.2. The van der Waals surface area contributed by atoms with Gasteiger partial charge in [0.2, 0.25) is 15.9 Å². The van der Waals surface area contributed by atoms with Gasteiger partial charge < -0.3 is 5.32 Å². The minimum Gasteiger partial charge on any atom is -0.322 e. The van der Waals surface area contributed by atoms with Crippen molar-refractivity contribution in [1.29, 1.82) is 0 Å². The van der Waals surface area contributed by atoms with Crippen LogP contribution in [0.2, 0.25) is 0 Å². The second-order valence-corrected chi connectivity index (χ2v) is 8.89. The van der Waals surface area contributed by atoms with E-state index in [2.05, 4.69) is 5.32 Å². The van der Waals surface area contributed by atoms with Crippen LogP contribution in [0.1, 0.15) is 19.4 Å². The molecule has 1 N–H and O–H groups in total. The quantitative estimate of drug-likeness (QED) is 0.454. The largest absolute Gasteiger partial charge is 0.322 e. The molecule has 0 aliphatic carbocycles. The van der Waals surface area contributed by atoms with Gasteiger partial charge in [-0.15, -0.1) is 0 Å². The molecule has 0 atom stereocenters. The Morgan fingerprint density at radius 3 is 2.38 bits per heavy atom. The zero-order chi connectivity index (χ0) is 21.4. The second kappa shape index (κ2) is 10.5. The molecule has 0 heterocycles. The summed E-state index contributed by atoms with van der Waals surface area (Å²) in [5, 5.41) is 2.61. The van der Waals surface area contributed by atoms with E-state index < -0.39 is 21.7 Å². The normalized spacial score (nSPS) is 12.1. The van der Waals surface area contributed by atoms with Gasteiger partial charge in [-0.1, -0.05) is 43.8 Å². The van der Waals surface area contributed by atoms with E-state index in [9.17, 15) is 22.0 Å². The van der Waals surface area contributed by atoms with Crippen molar-refractivity contribution < 1.29 is 22.0 Å². The number of nitrogens with one attached hydrogen (secondary N) is 1. The highest BCUT2D eigenvalue weighted by Gasteiger charge is 2.20. The molecule has 0 saturated heterocycles. The number of sulfonamides is 1. The van der Waals surface area contributed by atoms with Crippen LogP contribution in [0.4, 0.5) is 14.5 Å². The van der Waals surface area contributed by atoms with E-state index in [1.54, 1.807) is 44.2 Å². The van der Waals surface area contributed by atoms with Crippen molar-refractivity contribution in [3.05, 3.63) is 60.2 Å². The summed E-state index contributed by atoms with van der Waals surface area (Å²) in [7, 11) is -3.53. The van der Waals surface area contributed by atoms with Crippen LogP contribution < -0.4 is 5.32 Å². The summed E-state index contributed by atoms with van der Waals surface area (Å²) < 4.78 is 51.2.